The zero-order valence-electron chi connectivity index (χ0n) is 9.94. The van der Waals surface area contributed by atoms with E-state index in [0.29, 0.717) is 10.3 Å². The fourth-order valence-electron chi connectivity index (χ4n) is 1.55. The molecule has 0 atom stereocenters. The second kappa shape index (κ2) is 4.06. The van der Waals surface area contributed by atoms with E-state index in [-0.39, 0.29) is 11.4 Å². The third kappa shape index (κ3) is 2.09. The molecule has 2 aromatic heterocycles. The molecule has 0 bridgehead atoms. The zero-order chi connectivity index (χ0) is 12.8. The Bertz CT molecular complexity index is 627. The SMILES string of the molecule is CSc1nc2c(=O)n(C)c(C(C)(C)F)nc2s1. The van der Waals surface area contributed by atoms with Gasteiger partial charge in [0.15, 0.2) is 20.4 Å². The van der Waals surface area contributed by atoms with Crippen LogP contribution >= 0.6 is 23.1 Å². The van der Waals surface area contributed by atoms with Gasteiger partial charge >= 0.3 is 0 Å². The lowest BCUT2D eigenvalue weighted by molar-refractivity contribution is 0.199. The molecule has 0 N–H and O–H groups in total. The molecule has 0 amide bonds. The van der Waals surface area contributed by atoms with E-state index in [2.05, 4.69) is 9.97 Å². The average molecular weight is 273 g/mol. The summed E-state index contributed by atoms with van der Waals surface area (Å²) in [6, 6.07) is 0. The van der Waals surface area contributed by atoms with Gasteiger partial charge in [0.25, 0.3) is 5.56 Å². The molecule has 0 spiro atoms. The second-order valence-corrected chi connectivity index (χ2v) is 6.14. The molecule has 2 heterocycles. The first-order chi connectivity index (χ1) is 7.84. The third-order valence-electron chi connectivity index (χ3n) is 2.33. The van der Waals surface area contributed by atoms with Gasteiger partial charge in [-0.05, 0) is 20.1 Å². The quantitative estimate of drug-likeness (QED) is 0.788. The first kappa shape index (κ1) is 12.5. The van der Waals surface area contributed by atoms with Crippen LogP contribution in [0, 0.1) is 0 Å². The van der Waals surface area contributed by atoms with Crippen LogP contribution in [-0.4, -0.2) is 20.8 Å². The number of halogens is 1. The smallest absolute Gasteiger partial charge is 0.280 e. The van der Waals surface area contributed by atoms with E-state index in [4.69, 9.17) is 0 Å². The van der Waals surface area contributed by atoms with Crippen molar-refractivity contribution in [2.45, 2.75) is 23.9 Å². The first-order valence-corrected chi connectivity index (χ1v) is 6.99. The molecule has 0 saturated carbocycles. The normalized spacial score (nSPS) is 12.3. The molecule has 4 nitrogen and oxygen atoms in total. The maximum Gasteiger partial charge on any atom is 0.280 e. The van der Waals surface area contributed by atoms with Crippen molar-refractivity contribution >= 4 is 33.4 Å². The number of thiazole rings is 1. The summed E-state index contributed by atoms with van der Waals surface area (Å²) in [5, 5.41) is 0. The summed E-state index contributed by atoms with van der Waals surface area (Å²) in [5.74, 6) is 0.131. The topological polar surface area (TPSA) is 47.8 Å². The van der Waals surface area contributed by atoms with Gasteiger partial charge in [-0.1, -0.05) is 23.1 Å². The van der Waals surface area contributed by atoms with Gasteiger partial charge in [0.1, 0.15) is 5.82 Å². The lowest BCUT2D eigenvalue weighted by Gasteiger charge is -2.16. The van der Waals surface area contributed by atoms with Crippen LogP contribution in [-0.2, 0) is 12.7 Å². The molecular formula is C10H12FN3OS2. The molecule has 0 fully saturated rings. The number of nitrogens with zero attached hydrogens (tertiary/aromatic N) is 3. The second-order valence-electron chi connectivity index (χ2n) is 4.11. The number of thioether (sulfide) groups is 1. The average Bonchev–Trinajstić information content (AvgIpc) is 2.65. The Kier molecular flexibility index (Phi) is 2.99. The summed E-state index contributed by atoms with van der Waals surface area (Å²) in [4.78, 5) is 20.9. The summed E-state index contributed by atoms with van der Waals surface area (Å²) < 4.78 is 15.9. The van der Waals surface area contributed by atoms with Gasteiger partial charge in [-0.15, -0.1) is 0 Å². The summed E-state index contributed by atoms with van der Waals surface area (Å²) in [6.45, 7) is 2.77. The first-order valence-electron chi connectivity index (χ1n) is 4.95. The van der Waals surface area contributed by atoms with Crippen LogP contribution in [0.3, 0.4) is 0 Å². The van der Waals surface area contributed by atoms with Crippen LogP contribution in [0.5, 0.6) is 0 Å². The number of fused-ring (bicyclic) bond motifs is 1. The van der Waals surface area contributed by atoms with Crippen LogP contribution in [0.25, 0.3) is 10.3 Å². The molecular weight excluding hydrogens is 261 g/mol. The molecule has 2 rings (SSSR count). The molecule has 92 valence electrons. The largest absolute Gasteiger partial charge is 0.295 e. The van der Waals surface area contributed by atoms with E-state index >= 15 is 0 Å². The van der Waals surface area contributed by atoms with Gasteiger partial charge in [0, 0.05) is 7.05 Å². The van der Waals surface area contributed by atoms with Crippen LogP contribution in [0.2, 0.25) is 0 Å². The minimum Gasteiger partial charge on any atom is -0.295 e. The molecule has 0 aliphatic rings. The van der Waals surface area contributed by atoms with Crippen molar-refractivity contribution < 1.29 is 4.39 Å². The van der Waals surface area contributed by atoms with Crippen LogP contribution in [0.15, 0.2) is 9.13 Å². The number of hydrogen-bond acceptors (Lipinski definition) is 5. The van der Waals surface area contributed by atoms with Crippen molar-refractivity contribution in [2.24, 2.45) is 7.05 Å². The monoisotopic (exact) mass is 273 g/mol. The summed E-state index contributed by atoms with van der Waals surface area (Å²) >= 11 is 2.76. The maximum absolute atomic E-state index is 13.9. The minimum absolute atomic E-state index is 0.131. The Balaban J connectivity index is 2.82. The molecule has 0 radical (unpaired) electrons. The fraction of sp³-hybridized carbons (Fsp3) is 0.500. The van der Waals surface area contributed by atoms with Crippen molar-refractivity contribution in [1.29, 1.82) is 0 Å². The minimum atomic E-state index is -1.65. The highest BCUT2D eigenvalue weighted by atomic mass is 32.2. The number of hydrogen-bond donors (Lipinski definition) is 0. The Labute approximate surface area is 106 Å². The predicted octanol–water partition coefficient (Wildman–Crippen LogP) is 2.32. The van der Waals surface area contributed by atoms with E-state index in [1.165, 1.54) is 48.6 Å². The van der Waals surface area contributed by atoms with Crippen molar-refractivity contribution in [3.05, 3.63) is 16.2 Å². The summed E-state index contributed by atoms with van der Waals surface area (Å²) in [7, 11) is 1.52. The zero-order valence-corrected chi connectivity index (χ0v) is 11.6. The lowest BCUT2D eigenvalue weighted by atomic mass is 10.1. The maximum atomic E-state index is 13.9. The highest BCUT2D eigenvalue weighted by molar-refractivity contribution is 8.00. The van der Waals surface area contributed by atoms with E-state index in [1.807, 2.05) is 6.26 Å². The van der Waals surface area contributed by atoms with E-state index in [9.17, 15) is 9.18 Å². The predicted molar refractivity (Wildman–Crippen MR) is 68.6 cm³/mol. The molecule has 0 aliphatic heterocycles. The van der Waals surface area contributed by atoms with E-state index in [0.717, 1.165) is 4.34 Å². The fourth-order valence-corrected chi connectivity index (χ4v) is 2.97. The van der Waals surface area contributed by atoms with Gasteiger partial charge in [-0.2, -0.15) is 0 Å². The Morgan fingerprint density at radius 2 is 2.06 bits per heavy atom. The molecule has 0 saturated heterocycles. The molecule has 0 unspecified atom stereocenters. The molecule has 0 aromatic carbocycles. The van der Waals surface area contributed by atoms with Crippen LogP contribution in [0.1, 0.15) is 19.7 Å². The lowest BCUT2D eigenvalue weighted by Crippen LogP contribution is -2.28. The molecule has 2 aromatic rings. The van der Waals surface area contributed by atoms with E-state index < -0.39 is 5.67 Å². The Morgan fingerprint density at radius 1 is 1.41 bits per heavy atom. The van der Waals surface area contributed by atoms with Gasteiger partial charge in [-0.3, -0.25) is 9.36 Å². The highest BCUT2D eigenvalue weighted by Crippen LogP contribution is 2.28. The van der Waals surface area contributed by atoms with Crippen molar-refractivity contribution in [2.75, 3.05) is 6.26 Å². The van der Waals surface area contributed by atoms with Crippen LogP contribution < -0.4 is 5.56 Å². The highest BCUT2D eigenvalue weighted by Gasteiger charge is 2.26. The van der Waals surface area contributed by atoms with Gasteiger partial charge in [-0.25, -0.2) is 14.4 Å². The molecule has 17 heavy (non-hydrogen) atoms. The van der Waals surface area contributed by atoms with Crippen molar-refractivity contribution in [3.63, 3.8) is 0 Å². The Hall–Kier alpha value is -0.950. The molecule has 7 heteroatoms. The number of aromatic nitrogens is 3. The van der Waals surface area contributed by atoms with Crippen molar-refractivity contribution in [3.8, 4) is 0 Å². The number of rotatable bonds is 2. The third-order valence-corrected chi connectivity index (χ3v) is 4.26. The number of alkyl halides is 1. The van der Waals surface area contributed by atoms with E-state index in [1.54, 1.807) is 0 Å². The van der Waals surface area contributed by atoms with Crippen LogP contribution in [0.4, 0.5) is 4.39 Å². The summed E-state index contributed by atoms with van der Waals surface area (Å²) in [5.41, 5.74) is -1.63. The standard InChI is InChI=1S/C10H12FN3OS2/c1-10(2,11)8-13-6-5(7(15)14(8)3)12-9(16-4)17-6/h1-4H3. The van der Waals surface area contributed by atoms with Crippen molar-refractivity contribution in [1.82, 2.24) is 14.5 Å². The molecule has 0 aliphatic carbocycles. The van der Waals surface area contributed by atoms with Gasteiger partial charge in [0.2, 0.25) is 0 Å². The van der Waals surface area contributed by atoms with Gasteiger partial charge in [0.05, 0.1) is 0 Å². The van der Waals surface area contributed by atoms with Gasteiger partial charge < -0.3 is 0 Å². The summed E-state index contributed by atoms with van der Waals surface area (Å²) in [6.07, 6.45) is 1.88. The Morgan fingerprint density at radius 3 is 2.59 bits per heavy atom.